The van der Waals surface area contributed by atoms with Gasteiger partial charge in [0.1, 0.15) is 29.9 Å². The van der Waals surface area contributed by atoms with Gasteiger partial charge < -0.3 is 25.4 Å². The number of aliphatic hydroxyl groups excluding tert-OH is 3. The molecule has 0 bridgehead atoms. The van der Waals surface area contributed by atoms with Crippen molar-refractivity contribution < 1.29 is 24.9 Å². The van der Waals surface area contributed by atoms with Crippen LogP contribution in [-0.2, 0) is 9.53 Å². The fraction of sp³-hybridized carbons (Fsp3) is 0.944. The van der Waals surface area contributed by atoms with E-state index in [2.05, 4.69) is 12.2 Å². The molecule has 2 fully saturated rings. The van der Waals surface area contributed by atoms with Crippen molar-refractivity contribution in [2.75, 3.05) is 19.8 Å². The Bertz CT molecular complexity index is 498. The van der Waals surface area contributed by atoms with Crippen LogP contribution < -0.4 is 5.32 Å². The summed E-state index contributed by atoms with van der Waals surface area (Å²) in [6, 6.07) is -0.934. The average Bonchev–Trinajstić information content (AvgIpc) is 2.99. The van der Waals surface area contributed by atoms with Crippen LogP contribution in [0.25, 0.3) is 0 Å². The number of ether oxygens (including phenoxy) is 1. The summed E-state index contributed by atoms with van der Waals surface area (Å²) in [5.41, 5.74) is -0.702. The predicted molar refractivity (Wildman–Crippen MR) is 107 cm³/mol. The number of hydrogen-bond donors (Lipinski definition) is 4. The molecule has 9 heteroatoms. The van der Waals surface area contributed by atoms with E-state index in [1.165, 1.54) is 11.8 Å². The molecule has 0 saturated carbocycles. The number of carbonyl (C=O) groups excluding carboxylic acids is 1. The highest BCUT2D eigenvalue weighted by Gasteiger charge is 2.48. The molecule has 1 amide bonds. The Balaban J connectivity index is 2.09. The Morgan fingerprint density at radius 1 is 1.33 bits per heavy atom. The maximum Gasteiger partial charge on any atom is 0.237 e. The van der Waals surface area contributed by atoms with Gasteiger partial charge in [0.15, 0.2) is 0 Å². The quantitative estimate of drug-likeness (QED) is 0.438. The number of amides is 1. The third-order valence-electron chi connectivity index (χ3n) is 5.63. The molecule has 0 unspecified atom stereocenters. The van der Waals surface area contributed by atoms with Gasteiger partial charge in [-0.2, -0.15) is 0 Å². The van der Waals surface area contributed by atoms with Crippen molar-refractivity contribution in [3.63, 3.8) is 0 Å². The molecule has 0 aliphatic carbocycles. The van der Waals surface area contributed by atoms with Gasteiger partial charge in [0, 0.05) is 6.54 Å². The van der Waals surface area contributed by atoms with E-state index in [0.717, 1.165) is 25.8 Å². The van der Waals surface area contributed by atoms with Gasteiger partial charge in [0.2, 0.25) is 5.91 Å². The zero-order valence-electron chi connectivity index (χ0n) is 16.4. The number of alkyl halides is 1. The van der Waals surface area contributed by atoms with Crippen molar-refractivity contribution in [1.82, 2.24) is 10.2 Å². The van der Waals surface area contributed by atoms with Crippen LogP contribution in [0.4, 0.5) is 0 Å². The van der Waals surface area contributed by atoms with Crippen LogP contribution in [0.3, 0.4) is 0 Å². The first kappa shape index (κ1) is 23.2. The molecule has 0 aromatic heterocycles. The van der Waals surface area contributed by atoms with Gasteiger partial charge in [-0.1, -0.05) is 13.3 Å². The number of thioether (sulfide) groups is 1. The topological polar surface area (TPSA) is 102 Å². The Kier molecular flexibility index (Phi) is 8.67. The molecule has 2 aliphatic heterocycles. The summed E-state index contributed by atoms with van der Waals surface area (Å²) in [4.78, 5) is 14.9. The largest absolute Gasteiger partial charge is 0.388 e. The molecular weight excluding hydrogens is 392 g/mol. The first-order valence-electron chi connectivity index (χ1n) is 9.58. The highest BCUT2D eigenvalue weighted by atomic mass is 35.5. The van der Waals surface area contributed by atoms with Crippen molar-refractivity contribution in [1.29, 1.82) is 0 Å². The number of halogens is 1. The monoisotopic (exact) mass is 424 g/mol. The van der Waals surface area contributed by atoms with E-state index in [1.54, 1.807) is 13.2 Å². The van der Waals surface area contributed by atoms with E-state index in [4.69, 9.17) is 16.3 Å². The Labute approximate surface area is 170 Å². The van der Waals surface area contributed by atoms with Crippen molar-refractivity contribution in [2.45, 2.75) is 80.4 Å². The molecule has 0 spiro atoms. The van der Waals surface area contributed by atoms with Crippen LogP contribution >= 0.6 is 23.4 Å². The molecule has 0 aromatic rings. The van der Waals surface area contributed by atoms with Gasteiger partial charge in [0.25, 0.3) is 0 Å². The molecule has 2 saturated heterocycles. The number of nitrogens with zero attached hydrogens (tertiary/aromatic N) is 1. The summed E-state index contributed by atoms with van der Waals surface area (Å²) in [5.74, 6) is 0.350. The second-order valence-electron chi connectivity index (χ2n) is 7.73. The van der Waals surface area contributed by atoms with Crippen LogP contribution in [0.5, 0.6) is 0 Å². The minimum absolute atomic E-state index is 0.147. The lowest BCUT2D eigenvalue weighted by Gasteiger charge is -2.44. The highest BCUT2D eigenvalue weighted by Crippen LogP contribution is 2.31. The van der Waals surface area contributed by atoms with Gasteiger partial charge in [-0.3, -0.25) is 9.69 Å². The average molecular weight is 425 g/mol. The summed E-state index contributed by atoms with van der Waals surface area (Å²) in [5, 5.41) is 33.0. The van der Waals surface area contributed by atoms with Crippen LogP contribution in [-0.4, -0.2) is 93.3 Å². The maximum absolute atomic E-state index is 12.9. The second kappa shape index (κ2) is 10.1. The molecule has 2 rings (SSSR count). The van der Waals surface area contributed by atoms with E-state index in [1.807, 2.05) is 11.9 Å². The number of likely N-dealkylation sites (tertiary alicyclic amines) is 1. The molecular formula is C18H33ClN2O5S. The smallest absolute Gasteiger partial charge is 0.237 e. The van der Waals surface area contributed by atoms with Crippen LogP contribution in [0, 0.1) is 5.92 Å². The fourth-order valence-electron chi connectivity index (χ4n) is 4.11. The summed E-state index contributed by atoms with van der Waals surface area (Å²) < 4.78 is 5.79. The second-order valence-corrected chi connectivity index (χ2v) is 9.36. The van der Waals surface area contributed by atoms with E-state index in [9.17, 15) is 20.1 Å². The SMILES string of the molecule is CCC[C@@H]1C[C@@H](C(=O)N[C@@H]([C@@H]2O[C@@H](SC)[C@H](O)[C@@H](O)[C@H]2O)[C@H](C)Cl)N(C)C1. The number of rotatable bonds is 7. The Morgan fingerprint density at radius 2 is 2.00 bits per heavy atom. The summed E-state index contributed by atoms with van der Waals surface area (Å²) in [6.07, 6.45) is -0.0980. The molecule has 158 valence electrons. The number of hydrogen-bond acceptors (Lipinski definition) is 7. The first-order chi connectivity index (χ1) is 12.7. The highest BCUT2D eigenvalue weighted by molar-refractivity contribution is 7.99. The maximum atomic E-state index is 12.9. The summed E-state index contributed by atoms with van der Waals surface area (Å²) in [6.45, 7) is 4.74. The van der Waals surface area contributed by atoms with E-state index in [-0.39, 0.29) is 11.9 Å². The molecule has 0 aromatic carbocycles. The third kappa shape index (κ3) is 5.29. The lowest BCUT2D eigenvalue weighted by molar-refractivity contribution is -0.205. The number of likely N-dealkylation sites (N-methyl/N-ethyl adjacent to an activating group) is 1. The number of aliphatic hydroxyl groups is 3. The van der Waals surface area contributed by atoms with Crippen molar-refractivity contribution in [2.24, 2.45) is 5.92 Å². The molecule has 2 heterocycles. The Morgan fingerprint density at radius 3 is 2.56 bits per heavy atom. The van der Waals surface area contributed by atoms with Crippen molar-refractivity contribution >= 4 is 29.3 Å². The fourth-order valence-corrected chi connectivity index (χ4v) is 5.00. The van der Waals surface area contributed by atoms with E-state index < -0.39 is 41.3 Å². The van der Waals surface area contributed by atoms with Gasteiger partial charge in [-0.05, 0) is 39.0 Å². The summed E-state index contributed by atoms with van der Waals surface area (Å²) >= 11 is 7.55. The van der Waals surface area contributed by atoms with Gasteiger partial charge in [-0.25, -0.2) is 0 Å². The molecule has 0 radical (unpaired) electrons. The number of nitrogens with one attached hydrogen (secondary N) is 1. The van der Waals surface area contributed by atoms with E-state index in [0.29, 0.717) is 5.92 Å². The molecule has 9 atom stereocenters. The van der Waals surface area contributed by atoms with Crippen LogP contribution in [0.2, 0.25) is 0 Å². The van der Waals surface area contributed by atoms with Gasteiger partial charge in [0.05, 0.1) is 17.5 Å². The minimum Gasteiger partial charge on any atom is -0.388 e. The van der Waals surface area contributed by atoms with Crippen LogP contribution in [0.15, 0.2) is 0 Å². The lowest BCUT2D eigenvalue weighted by atomic mass is 9.92. The van der Waals surface area contributed by atoms with Crippen molar-refractivity contribution in [3.8, 4) is 0 Å². The summed E-state index contributed by atoms with van der Waals surface area (Å²) in [7, 11) is 1.94. The van der Waals surface area contributed by atoms with E-state index >= 15 is 0 Å². The van der Waals surface area contributed by atoms with Gasteiger partial charge in [-0.15, -0.1) is 23.4 Å². The first-order valence-corrected chi connectivity index (χ1v) is 11.3. The molecule has 27 heavy (non-hydrogen) atoms. The van der Waals surface area contributed by atoms with Crippen LogP contribution in [0.1, 0.15) is 33.1 Å². The minimum atomic E-state index is -1.36. The molecule has 2 aliphatic rings. The molecule has 7 nitrogen and oxygen atoms in total. The zero-order chi connectivity index (χ0) is 20.3. The third-order valence-corrected chi connectivity index (χ3v) is 6.76. The normalized spacial score (nSPS) is 39.9. The molecule has 4 N–H and O–H groups in total. The zero-order valence-corrected chi connectivity index (χ0v) is 18.0. The van der Waals surface area contributed by atoms with Gasteiger partial charge >= 0.3 is 0 Å². The number of carbonyl (C=O) groups is 1. The standard InChI is InChI=1S/C18H33ClN2O5S/c1-5-6-10-7-11(21(3)8-10)17(25)20-12(9(2)19)16-14(23)13(22)15(24)18(26-16)27-4/h9-16,18,22-24H,5-8H2,1-4H3,(H,20,25)/t9-,10+,11-,12+,13-,14+,15+,16-,18-/m0/s1. The lowest BCUT2D eigenvalue weighted by Crippen LogP contribution is -2.65. The van der Waals surface area contributed by atoms with Crippen molar-refractivity contribution in [3.05, 3.63) is 0 Å². The predicted octanol–water partition coefficient (Wildman–Crippen LogP) is 0.390. The Hall–Kier alpha value is -0.0900.